The maximum Gasteiger partial charge on any atom is 0.244 e. The highest BCUT2D eigenvalue weighted by molar-refractivity contribution is 5.80. The molecular formula is C18H18N4O2. The summed E-state index contributed by atoms with van der Waals surface area (Å²) < 4.78 is 1.66. The van der Waals surface area contributed by atoms with Gasteiger partial charge in [0.25, 0.3) is 0 Å². The Bertz CT molecular complexity index is 872. The number of likely N-dealkylation sites (tertiary alicyclic amines) is 1. The van der Waals surface area contributed by atoms with Gasteiger partial charge in [0.2, 0.25) is 5.91 Å². The first-order valence-corrected chi connectivity index (χ1v) is 8.09. The Hall–Kier alpha value is -2.89. The monoisotopic (exact) mass is 322 g/mol. The van der Waals surface area contributed by atoms with E-state index in [0.717, 1.165) is 36.0 Å². The highest BCUT2D eigenvalue weighted by Gasteiger charge is 2.30. The molecule has 1 saturated heterocycles. The Labute approximate surface area is 139 Å². The second kappa shape index (κ2) is 5.96. The van der Waals surface area contributed by atoms with Crippen molar-refractivity contribution in [3.8, 4) is 5.75 Å². The van der Waals surface area contributed by atoms with Gasteiger partial charge in [-0.2, -0.15) is 0 Å². The molecule has 1 atom stereocenters. The summed E-state index contributed by atoms with van der Waals surface area (Å²) in [7, 11) is 0. The lowest BCUT2D eigenvalue weighted by Crippen LogP contribution is -2.33. The van der Waals surface area contributed by atoms with Crippen LogP contribution in [0.5, 0.6) is 5.75 Å². The van der Waals surface area contributed by atoms with Gasteiger partial charge < -0.3 is 10.0 Å². The summed E-state index contributed by atoms with van der Waals surface area (Å²) in [6.45, 7) is 0.937. The van der Waals surface area contributed by atoms with Crippen molar-refractivity contribution in [3.63, 3.8) is 0 Å². The van der Waals surface area contributed by atoms with Crippen molar-refractivity contribution >= 4 is 16.9 Å². The van der Waals surface area contributed by atoms with Crippen LogP contribution in [0.2, 0.25) is 0 Å². The molecule has 2 aromatic carbocycles. The standard InChI is InChI=1S/C18H18N4O2/c23-14-9-7-13(8-10-14)16-6-3-11-21(16)18(24)12-22-17-5-2-1-4-15(17)19-20-22/h1-2,4-5,7-10,16,23H,3,6,11-12H2. The van der Waals surface area contributed by atoms with Crippen LogP contribution in [0.4, 0.5) is 0 Å². The number of phenolic OH excluding ortho intramolecular Hbond substituents is 1. The molecule has 1 aliphatic rings. The zero-order valence-electron chi connectivity index (χ0n) is 13.2. The lowest BCUT2D eigenvalue weighted by Gasteiger charge is -2.25. The van der Waals surface area contributed by atoms with Gasteiger partial charge in [-0.25, -0.2) is 4.68 Å². The molecule has 0 bridgehead atoms. The Morgan fingerprint density at radius 3 is 2.79 bits per heavy atom. The SMILES string of the molecule is O=C(Cn1nnc2ccccc21)N1CCCC1c1ccc(O)cc1. The summed E-state index contributed by atoms with van der Waals surface area (Å²) in [4.78, 5) is 14.7. The molecule has 1 fully saturated rings. The van der Waals surface area contributed by atoms with Gasteiger partial charge in [0, 0.05) is 6.54 Å². The molecule has 2 heterocycles. The van der Waals surface area contributed by atoms with Crippen LogP contribution in [0.1, 0.15) is 24.4 Å². The van der Waals surface area contributed by atoms with E-state index in [1.807, 2.05) is 41.3 Å². The number of fused-ring (bicyclic) bond motifs is 1. The van der Waals surface area contributed by atoms with Crippen LogP contribution in [0.25, 0.3) is 11.0 Å². The number of hydrogen-bond donors (Lipinski definition) is 1. The van der Waals surface area contributed by atoms with Gasteiger partial charge in [-0.3, -0.25) is 4.79 Å². The number of amides is 1. The third-order valence-corrected chi connectivity index (χ3v) is 4.56. The fraction of sp³-hybridized carbons (Fsp3) is 0.278. The lowest BCUT2D eigenvalue weighted by molar-refractivity contribution is -0.132. The van der Waals surface area contributed by atoms with Crippen LogP contribution >= 0.6 is 0 Å². The van der Waals surface area contributed by atoms with Crippen LogP contribution in [0.15, 0.2) is 48.5 Å². The third kappa shape index (κ3) is 2.60. The van der Waals surface area contributed by atoms with E-state index in [9.17, 15) is 9.90 Å². The molecule has 6 heteroatoms. The predicted octanol–water partition coefficient (Wildman–Crippen LogP) is 2.50. The summed E-state index contributed by atoms with van der Waals surface area (Å²) in [5.74, 6) is 0.282. The number of benzene rings is 2. The molecule has 0 radical (unpaired) electrons. The Morgan fingerprint density at radius 2 is 1.96 bits per heavy atom. The van der Waals surface area contributed by atoms with Crippen LogP contribution in [-0.4, -0.2) is 37.5 Å². The van der Waals surface area contributed by atoms with Crippen LogP contribution in [-0.2, 0) is 11.3 Å². The molecule has 122 valence electrons. The third-order valence-electron chi connectivity index (χ3n) is 4.56. The van der Waals surface area contributed by atoms with E-state index in [2.05, 4.69) is 10.3 Å². The molecule has 4 rings (SSSR count). The smallest absolute Gasteiger partial charge is 0.244 e. The van der Waals surface area contributed by atoms with Gasteiger partial charge in [0.1, 0.15) is 17.8 Å². The van der Waals surface area contributed by atoms with Crippen molar-refractivity contribution in [3.05, 3.63) is 54.1 Å². The molecule has 1 aliphatic heterocycles. The first kappa shape index (κ1) is 14.7. The Balaban J connectivity index is 1.56. The maximum atomic E-state index is 12.8. The molecule has 1 N–H and O–H groups in total. The minimum absolute atomic E-state index is 0.0428. The molecule has 0 saturated carbocycles. The van der Waals surface area contributed by atoms with E-state index >= 15 is 0 Å². The van der Waals surface area contributed by atoms with Crippen LogP contribution < -0.4 is 0 Å². The maximum absolute atomic E-state index is 12.8. The van der Waals surface area contributed by atoms with E-state index in [1.165, 1.54) is 0 Å². The average molecular weight is 322 g/mol. The minimum atomic E-state index is 0.0428. The first-order valence-electron chi connectivity index (χ1n) is 8.09. The summed E-state index contributed by atoms with van der Waals surface area (Å²) in [6.07, 6.45) is 1.92. The van der Waals surface area contributed by atoms with E-state index in [4.69, 9.17) is 0 Å². The van der Waals surface area contributed by atoms with E-state index in [0.29, 0.717) is 0 Å². The van der Waals surface area contributed by atoms with Crippen LogP contribution in [0, 0.1) is 0 Å². The largest absolute Gasteiger partial charge is 0.508 e. The quantitative estimate of drug-likeness (QED) is 0.804. The van der Waals surface area contributed by atoms with E-state index in [-0.39, 0.29) is 24.2 Å². The van der Waals surface area contributed by atoms with Gasteiger partial charge in [-0.15, -0.1) is 5.10 Å². The zero-order valence-corrected chi connectivity index (χ0v) is 13.2. The minimum Gasteiger partial charge on any atom is -0.508 e. The number of para-hydroxylation sites is 1. The molecule has 6 nitrogen and oxygen atoms in total. The van der Waals surface area contributed by atoms with Crippen LogP contribution in [0.3, 0.4) is 0 Å². The Kier molecular flexibility index (Phi) is 3.65. The van der Waals surface area contributed by atoms with Gasteiger partial charge in [-0.05, 0) is 42.7 Å². The summed E-state index contributed by atoms with van der Waals surface area (Å²) >= 11 is 0. The number of carbonyl (C=O) groups is 1. The van der Waals surface area contributed by atoms with Gasteiger partial charge in [-0.1, -0.05) is 29.5 Å². The van der Waals surface area contributed by atoms with Crippen molar-refractivity contribution in [2.45, 2.75) is 25.4 Å². The zero-order chi connectivity index (χ0) is 16.5. The Morgan fingerprint density at radius 1 is 1.17 bits per heavy atom. The molecule has 24 heavy (non-hydrogen) atoms. The van der Waals surface area contributed by atoms with Crippen molar-refractivity contribution in [1.29, 1.82) is 0 Å². The van der Waals surface area contributed by atoms with Crippen molar-refractivity contribution in [2.75, 3.05) is 6.54 Å². The molecule has 1 unspecified atom stereocenters. The number of aromatic nitrogens is 3. The molecule has 3 aromatic rings. The summed E-state index contributed by atoms with van der Waals surface area (Å²) in [6, 6.07) is 14.8. The van der Waals surface area contributed by atoms with Crippen molar-refractivity contribution in [1.82, 2.24) is 19.9 Å². The fourth-order valence-corrected chi connectivity index (χ4v) is 3.36. The molecular weight excluding hydrogens is 304 g/mol. The summed E-state index contributed by atoms with van der Waals surface area (Å²) in [5.41, 5.74) is 2.72. The number of phenols is 1. The highest BCUT2D eigenvalue weighted by atomic mass is 16.3. The molecule has 0 aliphatic carbocycles. The molecule has 1 amide bonds. The average Bonchev–Trinajstić information content (AvgIpc) is 3.23. The second-order valence-corrected chi connectivity index (χ2v) is 6.07. The number of rotatable bonds is 3. The van der Waals surface area contributed by atoms with Gasteiger partial charge in [0.05, 0.1) is 11.6 Å². The van der Waals surface area contributed by atoms with E-state index < -0.39 is 0 Å². The van der Waals surface area contributed by atoms with E-state index in [1.54, 1.807) is 16.8 Å². The lowest BCUT2D eigenvalue weighted by atomic mass is 10.0. The van der Waals surface area contributed by atoms with Gasteiger partial charge in [0.15, 0.2) is 0 Å². The molecule has 0 spiro atoms. The number of hydrogen-bond acceptors (Lipinski definition) is 4. The number of carbonyl (C=O) groups excluding carboxylic acids is 1. The first-order chi connectivity index (χ1) is 11.7. The topological polar surface area (TPSA) is 71.2 Å². The predicted molar refractivity (Wildman–Crippen MR) is 89.3 cm³/mol. The number of aromatic hydroxyl groups is 1. The van der Waals surface area contributed by atoms with Crippen molar-refractivity contribution < 1.29 is 9.90 Å². The second-order valence-electron chi connectivity index (χ2n) is 6.07. The normalized spacial score (nSPS) is 17.5. The molecule has 1 aromatic heterocycles. The van der Waals surface area contributed by atoms with Gasteiger partial charge >= 0.3 is 0 Å². The highest BCUT2D eigenvalue weighted by Crippen LogP contribution is 2.32. The van der Waals surface area contributed by atoms with Crippen molar-refractivity contribution in [2.24, 2.45) is 0 Å². The summed E-state index contributed by atoms with van der Waals surface area (Å²) in [5, 5.41) is 17.6. The number of nitrogens with zero attached hydrogens (tertiary/aromatic N) is 4. The fourth-order valence-electron chi connectivity index (χ4n) is 3.36.